The molecule has 0 bridgehead atoms. The van der Waals surface area contributed by atoms with Gasteiger partial charge in [-0.3, -0.25) is 10.1 Å². The second-order valence-electron chi connectivity index (χ2n) is 8.84. The van der Waals surface area contributed by atoms with Crippen LogP contribution in [0.2, 0.25) is 0 Å². The summed E-state index contributed by atoms with van der Waals surface area (Å²) in [7, 11) is 1.47. The first-order chi connectivity index (χ1) is 16.8. The lowest BCUT2D eigenvalue weighted by atomic mass is 9.98. The fourth-order valence-electron chi connectivity index (χ4n) is 4.74. The highest BCUT2D eigenvalue weighted by Gasteiger charge is 2.55. The van der Waals surface area contributed by atoms with E-state index in [1.54, 1.807) is 18.2 Å². The maximum Gasteiger partial charge on any atom is 0.411 e. The quantitative estimate of drug-likeness (QED) is 0.435. The second kappa shape index (κ2) is 8.85. The van der Waals surface area contributed by atoms with Crippen LogP contribution in [0.25, 0.3) is 11.1 Å². The van der Waals surface area contributed by atoms with Gasteiger partial charge in [0.2, 0.25) is 0 Å². The number of nitrogens with zero attached hydrogens (tertiary/aromatic N) is 1. The Bertz CT molecular complexity index is 1310. The number of carbonyl (C=O) groups excluding carboxylic acids is 2. The normalized spacial score (nSPS) is 15.0. The van der Waals surface area contributed by atoms with Gasteiger partial charge < -0.3 is 14.7 Å². The van der Waals surface area contributed by atoms with E-state index >= 15 is 0 Å². The number of hydrogen-bond donors (Lipinski definition) is 2. The summed E-state index contributed by atoms with van der Waals surface area (Å²) in [4.78, 5) is 38.9. The van der Waals surface area contributed by atoms with Crippen molar-refractivity contribution in [3.63, 3.8) is 0 Å². The molecule has 3 aromatic rings. The largest absolute Gasteiger partial charge is 0.479 e. The number of halogens is 1. The molecule has 2 aliphatic rings. The molecule has 7 nitrogen and oxygen atoms in total. The van der Waals surface area contributed by atoms with Crippen LogP contribution in [0.1, 0.15) is 40.2 Å². The fourth-order valence-corrected chi connectivity index (χ4v) is 5.10. The molecule has 0 aliphatic heterocycles. The number of anilines is 1. The molecule has 0 saturated heterocycles. The van der Waals surface area contributed by atoms with Crippen LogP contribution in [-0.2, 0) is 9.53 Å². The number of carboxylic acid groups (broad SMARTS) is 1. The Labute approximate surface area is 210 Å². The third kappa shape index (κ3) is 4.08. The number of fused-ring (bicyclic) bond motifs is 3. The number of nitrogens with one attached hydrogen (secondary N) is 1. The molecule has 8 heteroatoms. The first-order valence-corrected chi connectivity index (χ1v) is 12.0. The number of amides is 2. The standard InChI is InChI=1S/C27H23BrN2O5/c1-30(27(12-13-27)25(32)33)24(31)21-11-10-16(28)14-23(21)29-26(34)35-15-22-19-8-4-2-6-17(19)18-7-3-5-9-20(18)22/h2-11,14,22H,12-13,15H2,1H3,(H,29,34)(H,32,33). The minimum absolute atomic E-state index is 0.0896. The van der Waals surface area contributed by atoms with Gasteiger partial charge in [-0.05, 0) is 53.3 Å². The van der Waals surface area contributed by atoms with Crippen molar-refractivity contribution in [1.82, 2.24) is 4.90 Å². The molecule has 2 aliphatic carbocycles. The third-order valence-electron chi connectivity index (χ3n) is 6.86. The molecule has 0 atom stereocenters. The second-order valence-corrected chi connectivity index (χ2v) is 9.76. The lowest BCUT2D eigenvalue weighted by Gasteiger charge is -2.25. The first-order valence-electron chi connectivity index (χ1n) is 11.2. The van der Waals surface area contributed by atoms with Gasteiger partial charge in [-0.15, -0.1) is 0 Å². The number of aliphatic carboxylic acids is 1. The van der Waals surface area contributed by atoms with E-state index in [4.69, 9.17) is 4.74 Å². The number of carboxylic acids is 1. The van der Waals surface area contributed by atoms with Gasteiger partial charge in [0.05, 0.1) is 11.3 Å². The number of benzene rings is 3. The highest BCUT2D eigenvalue weighted by molar-refractivity contribution is 9.10. The minimum Gasteiger partial charge on any atom is -0.479 e. The summed E-state index contributed by atoms with van der Waals surface area (Å²) in [5.74, 6) is -1.60. The number of rotatable bonds is 6. The van der Waals surface area contributed by atoms with E-state index < -0.39 is 23.5 Å². The van der Waals surface area contributed by atoms with Crippen LogP contribution in [0.3, 0.4) is 0 Å². The molecule has 0 spiro atoms. The molecular weight excluding hydrogens is 512 g/mol. The zero-order chi connectivity index (χ0) is 24.7. The minimum atomic E-state index is -1.19. The number of likely N-dealkylation sites (N-methyl/N-ethyl adjacent to an activating group) is 1. The van der Waals surface area contributed by atoms with Crippen molar-refractivity contribution in [2.45, 2.75) is 24.3 Å². The Balaban J connectivity index is 1.33. The summed E-state index contributed by atoms with van der Waals surface area (Å²) < 4.78 is 6.27. The molecular formula is C27H23BrN2O5. The SMILES string of the molecule is CN(C(=O)c1ccc(Br)cc1NC(=O)OCC1c2ccccc2-c2ccccc21)C1(C(=O)O)CC1. The van der Waals surface area contributed by atoms with Crippen LogP contribution in [0.4, 0.5) is 10.5 Å². The molecule has 1 fully saturated rings. The van der Waals surface area contributed by atoms with Crippen LogP contribution in [-0.4, -0.2) is 47.2 Å². The van der Waals surface area contributed by atoms with Crippen molar-refractivity contribution in [3.05, 3.63) is 87.9 Å². The van der Waals surface area contributed by atoms with Crippen molar-refractivity contribution < 1.29 is 24.2 Å². The molecule has 2 N–H and O–H groups in total. The van der Waals surface area contributed by atoms with Gasteiger partial charge in [0, 0.05) is 17.4 Å². The number of hydrogen-bond acceptors (Lipinski definition) is 4. The summed E-state index contributed by atoms with van der Waals surface area (Å²) in [6.07, 6.45) is 0.105. The molecule has 0 heterocycles. The summed E-state index contributed by atoms with van der Waals surface area (Å²) in [6.45, 7) is 0.138. The molecule has 178 valence electrons. The highest BCUT2D eigenvalue weighted by Crippen LogP contribution is 2.45. The van der Waals surface area contributed by atoms with Crippen molar-refractivity contribution >= 4 is 39.6 Å². The van der Waals surface area contributed by atoms with Gasteiger partial charge in [0.15, 0.2) is 0 Å². The summed E-state index contributed by atoms with van der Waals surface area (Å²) >= 11 is 3.37. The van der Waals surface area contributed by atoms with E-state index in [-0.39, 0.29) is 23.8 Å². The average Bonchev–Trinajstić information content (AvgIpc) is 3.61. The Kier molecular flexibility index (Phi) is 5.84. The van der Waals surface area contributed by atoms with E-state index in [0.717, 1.165) is 22.3 Å². The molecule has 35 heavy (non-hydrogen) atoms. The molecule has 1 saturated carbocycles. The Morgan fingerprint density at radius 2 is 1.63 bits per heavy atom. The van der Waals surface area contributed by atoms with Crippen LogP contribution in [0.5, 0.6) is 0 Å². The number of ether oxygens (including phenoxy) is 1. The Morgan fingerprint density at radius 1 is 1.03 bits per heavy atom. The van der Waals surface area contributed by atoms with Crippen LogP contribution < -0.4 is 5.32 Å². The van der Waals surface area contributed by atoms with E-state index in [1.165, 1.54) is 11.9 Å². The zero-order valence-electron chi connectivity index (χ0n) is 19.0. The van der Waals surface area contributed by atoms with Crippen LogP contribution in [0, 0.1) is 0 Å². The van der Waals surface area contributed by atoms with Crippen molar-refractivity contribution in [3.8, 4) is 11.1 Å². The summed E-state index contributed by atoms with van der Waals surface area (Å²) in [5, 5.41) is 12.2. The van der Waals surface area contributed by atoms with Gasteiger partial charge in [0.25, 0.3) is 5.91 Å². The summed E-state index contributed by atoms with van der Waals surface area (Å²) in [5.41, 5.74) is 3.71. The molecule has 0 radical (unpaired) electrons. The fraction of sp³-hybridized carbons (Fsp3) is 0.222. The first kappa shape index (κ1) is 23.1. The average molecular weight is 535 g/mol. The zero-order valence-corrected chi connectivity index (χ0v) is 20.5. The van der Waals surface area contributed by atoms with Crippen LogP contribution >= 0.6 is 15.9 Å². The topological polar surface area (TPSA) is 95.9 Å². The van der Waals surface area contributed by atoms with Crippen LogP contribution in [0.15, 0.2) is 71.2 Å². The lowest BCUT2D eigenvalue weighted by molar-refractivity contribution is -0.143. The predicted octanol–water partition coefficient (Wildman–Crippen LogP) is 5.50. The molecule has 5 rings (SSSR count). The van der Waals surface area contributed by atoms with Crippen molar-refractivity contribution in [2.75, 3.05) is 19.0 Å². The maximum atomic E-state index is 13.1. The van der Waals surface area contributed by atoms with E-state index in [2.05, 4.69) is 33.4 Å². The maximum absolute atomic E-state index is 13.1. The molecule has 3 aromatic carbocycles. The predicted molar refractivity (Wildman–Crippen MR) is 135 cm³/mol. The van der Waals surface area contributed by atoms with Gasteiger partial charge in [-0.25, -0.2) is 9.59 Å². The van der Waals surface area contributed by atoms with Gasteiger partial charge in [-0.2, -0.15) is 0 Å². The molecule has 0 unspecified atom stereocenters. The van der Waals surface area contributed by atoms with Gasteiger partial charge >= 0.3 is 12.1 Å². The molecule has 2 amide bonds. The van der Waals surface area contributed by atoms with Gasteiger partial charge in [0.1, 0.15) is 12.1 Å². The third-order valence-corrected chi connectivity index (χ3v) is 7.35. The monoisotopic (exact) mass is 534 g/mol. The van der Waals surface area contributed by atoms with Crippen molar-refractivity contribution in [1.29, 1.82) is 0 Å². The van der Waals surface area contributed by atoms with E-state index in [0.29, 0.717) is 17.3 Å². The van der Waals surface area contributed by atoms with E-state index in [1.807, 2.05) is 36.4 Å². The number of carbonyl (C=O) groups is 3. The Hall–Kier alpha value is -3.65. The lowest BCUT2D eigenvalue weighted by Crippen LogP contribution is -2.44. The van der Waals surface area contributed by atoms with Crippen molar-refractivity contribution in [2.24, 2.45) is 0 Å². The highest BCUT2D eigenvalue weighted by atomic mass is 79.9. The molecule has 0 aromatic heterocycles. The van der Waals surface area contributed by atoms with E-state index in [9.17, 15) is 19.5 Å². The van der Waals surface area contributed by atoms with Gasteiger partial charge in [-0.1, -0.05) is 64.5 Å². The summed E-state index contributed by atoms with van der Waals surface area (Å²) in [6, 6.07) is 21.0. The Morgan fingerprint density at radius 3 is 2.20 bits per heavy atom. The smallest absolute Gasteiger partial charge is 0.411 e.